The third-order valence-electron chi connectivity index (χ3n) is 3.56. The van der Waals surface area contributed by atoms with Crippen LogP contribution in [0.3, 0.4) is 0 Å². The van der Waals surface area contributed by atoms with Crippen LogP contribution in [0.25, 0.3) is 0 Å². The predicted molar refractivity (Wildman–Crippen MR) is 95.2 cm³/mol. The molecule has 1 aromatic rings. The Morgan fingerprint density at radius 3 is 2.61 bits per heavy atom. The first-order chi connectivity index (χ1) is 13.1. The minimum Gasteiger partial charge on any atom is -0.406 e. The Labute approximate surface area is 161 Å². The minimum atomic E-state index is -4.81. The number of hydrogen-bond donors (Lipinski definition) is 2. The van der Waals surface area contributed by atoms with Crippen molar-refractivity contribution in [3.8, 4) is 5.75 Å². The summed E-state index contributed by atoms with van der Waals surface area (Å²) >= 11 is 0. The number of phosphoric acid groups is 1. The SMILES string of the molecule is CCCCCCCC(=O)NOP(=O)(O)OCCc1cccc(OC(F)(F)F)c1. The minimum absolute atomic E-state index is 0.0361. The van der Waals surface area contributed by atoms with Gasteiger partial charge < -0.3 is 9.63 Å². The van der Waals surface area contributed by atoms with Crippen molar-refractivity contribution in [1.82, 2.24) is 5.48 Å². The first-order valence-corrected chi connectivity index (χ1v) is 10.4. The topological polar surface area (TPSA) is 94.1 Å². The zero-order valence-corrected chi connectivity index (χ0v) is 16.4. The fourth-order valence-electron chi connectivity index (χ4n) is 2.25. The van der Waals surface area contributed by atoms with E-state index in [-0.39, 0.29) is 19.4 Å². The molecule has 0 aliphatic heterocycles. The zero-order valence-electron chi connectivity index (χ0n) is 15.5. The van der Waals surface area contributed by atoms with Gasteiger partial charge in [0.15, 0.2) is 0 Å². The smallest absolute Gasteiger partial charge is 0.406 e. The van der Waals surface area contributed by atoms with E-state index in [2.05, 4.69) is 16.3 Å². The summed E-state index contributed by atoms with van der Waals surface area (Å²) in [5, 5.41) is 0. The Kier molecular flexibility index (Phi) is 10.5. The van der Waals surface area contributed by atoms with Gasteiger partial charge in [-0.1, -0.05) is 44.7 Å². The van der Waals surface area contributed by atoms with Gasteiger partial charge in [-0.2, -0.15) is 4.62 Å². The normalized spacial score (nSPS) is 13.8. The molecule has 0 spiro atoms. The van der Waals surface area contributed by atoms with Gasteiger partial charge in [0.25, 0.3) is 0 Å². The number of alkyl halides is 3. The number of unbranched alkanes of at least 4 members (excludes halogenated alkanes) is 4. The molecule has 0 aromatic heterocycles. The Hall–Kier alpha value is -1.61. The van der Waals surface area contributed by atoms with Gasteiger partial charge in [-0.15, -0.1) is 13.2 Å². The molecular weight excluding hydrogens is 402 g/mol. The molecule has 28 heavy (non-hydrogen) atoms. The number of benzene rings is 1. The lowest BCUT2D eigenvalue weighted by Crippen LogP contribution is -2.22. The van der Waals surface area contributed by atoms with Crippen LogP contribution in [0.1, 0.15) is 51.0 Å². The van der Waals surface area contributed by atoms with Crippen molar-refractivity contribution >= 4 is 13.7 Å². The third-order valence-corrected chi connectivity index (χ3v) is 4.39. The standard InChI is InChI=1S/C17H25F3NO6P/c1-2-3-4-5-6-10-16(22)21-27-28(23,24)25-12-11-14-8-7-9-15(13-14)26-17(18,19)20/h7-9,13H,2-6,10-12H2,1H3,(H,21,22)(H,23,24). The molecule has 0 fully saturated rings. The largest absolute Gasteiger partial charge is 0.573 e. The van der Waals surface area contributed by atoms with E-state index in [1.54, 1.807) is 0 Å². The van der Waals surface area contributed by atoms with Gasteiger partial charge in [0, 0.05) is 6.42 Å². The van der Waals surface area contributed by atoms with Crippen LogP contribution in [0, 0.1) is 0 Å². The lowest BCUT2D eigenvalue weighted by molar-refractivity contribution is -0.274. The number of amides is 1. The summed E-state index contributed by atoms with van der Waals surface area (Å²) in [6.45, 7) is 1.77. The lowest BCUT2D eigenvalue weighted by Gasteiger charge is -2.13. The Bertz CT molecular complexity index is 656. The highest BCUT2D eigenvalue weighted by molar-refractivity contribution is 7.47. The van der Waals surface area contributed by atoms with Crippen LogP contribution in [0.15, 0.2) is 24.3 Å². The number of phosphoric ester groups is 1. The van der Waals surface area contributed by atoms with Crippen molar-refractivity contribution in [3.63, 3.8) is 0 Å². The molecule has 0 heterocycles. The second kappa shape index (κ2) is 12.1. The van der Waals surface area contributed by atoms with Crippen LogP contribution in [0.4, 0.5) is 13.2 Å². The second-order valence-electron chi connectivity index (χ2n) is 6.03. The molecule has 1 rings (SSSR count). The fraction of sp³-hybridized carbons (Fsp3) is 0.588. The summed E-state index contributed by atoms with van der Waals surface area (Å²) in [5.74, 6) is -0.939. The van der Waals surface area contributed by atoms with Gasteiger partial charge in [-0.05, 0) is 30.5 Å². The number of nitrogens with one attached hydrogen (secondary N) is 1. The number of hydroxylamine groups is 1. The van der Waals surface area contributed by atoms with Gasteiger partial charge in [-0.3, -0.25) is 9.32 Å². The molecule has 1 aromatic carbocycles. The van der Waals surface area contributed by atoms with E-state index < -0.39 is 25.8 Å². The maximum absolute atomic E-state index is 12.2. The van der Waals surface area contributed by atoms with E-state index >= 15 is 0 Å². The van der Waals surface area contributed by atoms with Gasteiger partial charge in [0.1, 0.15) is 5.75 Å². The van der Waals surface area contributed by atoms with Crippen molar-refractivity contribution in [2.24, 2.45) is 0 Å². The molecule has 160 valence electrons. The molecule has 2 N–H and O–H groups in total. The maximum atomic E-state index is 12.2. The van der Waals surface area contributed by atoms with Gasteiger partial charge in [0.2, 0.25) is 5.91 Å². The van der Waals surface area contributed by atoms with E-state index in [1.807, 2.05) is 5.48 Å². The highest BCUT2D eigenvalue weighted by Gasteiger charge is 2.31. The van der Waals surface area contributed by atoms with Crippen LogP contribution in [0.5, 0.6) is 5.75 Å². The number of halogens is 3. The van der Waals surface area contributed by atoms with Crippen molar-refractivity contribution in [3.05, 3.63) is 29.8 Å². The lowest BCUT2D eigenvalue weighted by atomic mass is 10.1. The van der Waals surface area contributed by atoms with E-state index in [0.717, 1.165) is 37.8 Å². The number of carbonyl (C=O) groups is 1. The van der Waals surface area contributed by atoms with E-state index in [1.165, 1.54) is 12.1 Å². The van der Waals surface area contributed by atoms with E-state index in [0.29, 0.717) is 12.0 Å². The fourth-order valence-corrected chi connectivity index (χ4v) is 2.84. The van der Waals surface area contributed by atoms with Crippen LogP contribution < -0.4 is 10.2 Å². The molecular formula is C17H25F3NO6P. The first kappa shape index (κ1) is 24.4. The Morgan fingerprint density at radius 2 is 1.93 bits per heavy atom. The molecule has 0 aliphatic carbocycles. The molecule has 7 nitrogen and oxygen atoms in total. The Morgan fingerprint density at radius 1 is 1.21 bits per heavy atom. The highest BCUT2D eigenvalue weighted by atomic mass is 31.2. The summed E-state index contributed by atoms with van der Waals surface area (Å²) in [6, 6.07) is 5.14. The van der Waals surface area contributed by atoms with Crippen LogP contribution in [0.2, 0.25) is 0 Å². The van der Waals surface area contributed by atoms with Crippen molar-refractivity contribution in [2.75, 3.05) is 6.61 Å². The van der Waals surface area contributed by atoms with E-state index in [9.17, 15) is 27.4 Å². The maximum Gasteiger partial charge on any atom is 0.573 e. The summed E-state index contributed by atoms with van der Waals surface area (Å²) in [4.78, 5) is 21.1. The summed E-state index contributed by atoms with van der Waals surface area (Å²) < 4.78 is 61.2. The second-order valence-corrected chi connectivity index (χ2v) is 7.41. The Balaban J connectivity index is 2.31. The molecule has 0 bridgehead atoms. The highest BCUT2D eigenvalue weighted by Crippen LogP contribution is 2.42. The molecule has 0 aliphatic rings. The van der Waals surface area contributed by atoms with Gasteiger partial charge in [0.05, 0.1) is 6.61 Å². The molecule has 0 saturated carbocycles. The quantitative estimate of drug-likeness (QED) is 0.270. The first-order valence-electron chi connectivity index (χ1n) is 8.91. The van der Waals surface area contributed by atoms with Gasteiger partial charge >= 0.3 is 14.2 Å². The summed E-state index contributed by atoms with van der Waals surface area (Å²) in [7, 11) is -4.52. The van der Waals surface area contributed by atoms with Crippen LogP contribution in [-0.2, 0) is 24.9 Å². The summed E-state index contributed by atoms with van der Waals surface area (Å²) in [6.07, 6.45) is 0.0975. The van der Waals surface area contributed by atoms with Crippen LogP contribution >= 0.6 is 7.82 Å². The summed E-state index contributed by atoms with van der Waals surface area (Å²) in [5.41, 5.74) is 2.28. The average Bonchev–Trinajstić information content (AvgIpc) is 2.59. The van der Waals surface area contributed by atoms with Crippen molar-refractivity contribution in [1.29, 1.82) is 0 Å². The molecule has 0 radical (unpaired) electrons. The molecule has 11 heteroatoms. The number of carbonyl (C=O) groups excluding carboxylic acids is 1. The van der Waals surface area contributed by atoms with Crippen LogP contribution in [-0.4, -0.2) is 23.8 Å². The van der Waals surface area contributed by atoms with Crippen molar-refractivity contribution in [2.45, 2.75) is 58.2 Å². The molecule has 0 saturated heterocycles. The number of ether oxygens (including phenoxy) is 1. The average molecular weight is 427 g/mol. The predicted octanol–water partition coefficient (Wildman–Crippen LogP) is 4.65. The molecule has 1 amide bonds. The van der Waals surface area contributed by atoms with Crippen molar-refractivity contribution < 1.29 is 41.3 Å². The molecule has 1 unspecified atom stereocenters. The zero-order chi connectivity index (χ0) is 21.0. The number of hydrogen-bond acceptors (Lipinski definition) is 5. The number of rotatable bonds is 13. The van der Waals surface area contributed by atoms with Gasteiger partial charge in [-0.25, -0.2) is 10.0 Å². The monoisotopic (exact) mass is 427 g/mol. The third kappa shape index (κ3) is 12.0. The molecule has 1 atom stereocenters. The van der Waals surface area contributed by atoms with E-state index in [4.69, 9.17) is 4.52 Å².